The monoisotopic (exact) mass is 382 g/mol. The standard InChI is InChI=1S/C13H25NO9.Ca.2H/c1-14(2,3)5-7(4-9(17)18)23-13(22)12(21)11(20)10(19)8(16)6-15;;;/h7-8,10-12,15-16,19-21H,4-6H2,1-3H3;;;/q;+2;2*-1/p+1/t7-,8-,10-,11+,12-;;;/m1.../s1. The number of carbonyl (C=O) groups excluding carboxylic acids is 1. The van der Waals surface area contributed by atoms with Crippen LogP contribution in [-0.4, -0.2) is 150 Å². The molecule has 0 heterocycles. The van der Waals surface area contributed by atoms with Crippen molar-refractivity contribution in [1.29, 1.82) is 0 Å². The molecule has 0 rings (SSSR count). The summed E-state index contributed by atoms with van der Waals surface area (Å²) in [7, 11) is 5.24. The van der Waals surface area contributed by atoms with Crippen LogP contribution in [0.25, 0.3) is 0 Å². The van der Waals surface area contributed by atoms with E-state index in [-0.39, 0.29) is 51.6 Å². The van der Waals surface area contributed by atoms with Crippen LogP contribution < -0.4 is 0 Å². The SMILES string of the molecule is C[N+](C)(C)C[C@@H](CC(=O)O)OC(=O)[C@H](O)[C@@H](O)[C@H](O)[C@H](O)CO.[Ca+2].[H-].[H-]. The maximum atomic E-state index is 11.8. The Morgan fingerprint density at radius 1 is 1.08 bits per heavy atom. The normalized spacial score (nSPS) is 17.8. The topological polar surface area (TPSA) is 165 Å². The summed E-state index contributed by atoms with van der Waals surface area (Å²) in [5.41, 5.74) is 0. The van der Waals surface area contributed by atoms with Crippen LogP contribution in [0.3, 0.4) is 0 Å². The fourth-order valence-electron chi connectivity index (χ4n) is 1.84. The van der Waals surface area contributed by atoms with E-state index < -0.39 is 55.5 Å². The molecule has 24 heavy (non-hydrogen) atoms. The number of carboxylic acid groups (broad SMARTS) is 1. The van der Waals surface area contributed by atoms with E-state index in [0.29, 0.717) is 0 Å². The van der Waals surface area contributed by atoms with Crippen molar-refractivity contribution >= 4 is 49.7 Å². The minimum Gasteiger partial charge on any atom is -1.00 e. The van der Waals surface area contributed by atoms with Crippen LogP contribution in [0.5, 0.6) is 0 Å². The molecule has 5 atom stereocenters. The van der Waals surface area contributed by atoms with Crippen LogP contribution in [-0.2, 0) is 14.3 Å². The number of hydrogen-bond acceptors (Lipinski definition) is 8. The van der Waals surface area contributed by atoms with Gasteiger partial charge in [0.25, 0.3) is 0 Å². The first-order valence-electron chi connectivity index (χ1n) is 6.95. The summed E-state index contributed by atoms with van der Waals surface area (Å²) in [6.07, 6.45) is -9.57. The molecule has 0 aromatic rings. The van der Waals surface area contributed by atoms with Crippen molar-refractivity contribution in [3.63, 3.8) is 0 Å². The van der Waals surface area contributed by atoms with Gasteiger partial charge in [-0.2, -0.15) is 0 Å². The molecule has 140 valence electrons. The maximum Gasteiger partial charge on any atom is 2.00 e. The average Bonchev–Trinajstić information content (AvgIpc) is 2.41. The Balaban J connectivity index is -0.000000807. The first-order chi connectivity index (χ1) is 10.4. The fraction of sp³-hybridized carbons (Fsp3) is 0.846. The molecule has 0 aliphatic carbocycles. The van der Waals surface area contributed by atoms with Gasteiger partial charge in [-0.05, 0) is 0 Å². The van der Waals surface area contributed by atoms with Gasteiger partial charge in [0.15, 0.2) is 12.2 Å². The van der Waals surface area contributed by atoms with E-state index in [1.165, 1.54) is 0 Å². The van der Waals surface area contributed by atoms with Gasteiger partial charge in [-0.15, -0.1) is 0 Å². The van der Waals surface area contributed by atoms with Crippen molar-refractivity contribution in [3.05, 3.63) is 0 Å². The van der Waals surface area contributed by atoms with Crippen LogP contribution >= 0.6 is 0 Å². The number of esters is 1. The molecular formula is C13H28CaNO9+. The predicted octanol–water partition coefficient (Wildman–Crippen LogP) is -3.64. The molecule has 0 spiro atoms. The van der Waals surface area contributed by atoms with Gasteiger partial charge < -0.3 is 42.7 Å². The molecule has 6 N–H and O–H groups in total. The number of aliphatic hydroxyl groups excluding tert-OH is 5. The van der Waals surface area contributed by atoms with Gasteiger partial charge in [-0.3, -0.25) is 4.79 Å². The van der Waals surface area contributed by atoms with Crippen molar-refractivity contribution in [1.82, 2.24) is 0 Å². The molecule has 11 heteroatoms. The molecule has 0 bridgehead atoms. The van der Waals surface area contributed by atoms with Crippen LogP contribution in [0.2, 0.25) is 0 Å². The molecule has 0 amide bonds. The van der Waals surface area contributed by atoms with E-state index in [9.17, 15) is 30.0 Å². The second-order valence-corrected chi connectivity index (χ2v) is 6.31. The first-order valence-corrected chi connectivity index (χ1v) is 6.95. The van der Waals surface area contributed by atoms with Gasteiger partial charge in [-0.25, -0.2) is 4.79 Å². The van der Waals surface area contributed by atoms with Gasteiger partial charge in [0.05, 0.1) is 34.2 Å². The summed E-state index contributed by atoms with van der Waals surface area (Å²) in [5.74, 6) is -2.54. The minimum atomic E-state index is -2.20. The largest absolute Gasteiger partial charge is 2.00 e. The number of quaternary nitrogens is 1. The molecule has 0 radical (unpaired) electrons. The Morgan fingerprint density at radius 2 is 1.58 bits per heavy atom. The van der Waals surface area contributed by atoms with E-state index in [1.54, 1.807) is 21.1 Å². The van der Waals surface area contributed by atoms with Gasteiger partial charge >= 0.3 is 49.7 Å². The number of aliphatic hydroxyl groups is 5. The number of aliphatic carboxylic acids is 1. The van der Waals surface area contributed by atoms with Crippen molar-refractivity contribution in [2.45, 2.75) is 36.9 Å². The Kier molecular flexibility index (Phi) is 12.6. The second kappa shape index (κ2) is 11.6. The maximum absolute atomic E-state index is 11.8. The molecule has 0 unspecified atom stereocenters. The Labute approximate surface area is 172 Å². The summed E-state index contributed by atoms with van der Waals surface area (Å²) in [6, 6.07) is 0. The fourth-order valence-corrected chi connectivity index (χ4v) is 1.84. The van der Waals surface area contributed by atoms with Crippen LogP contribution in [0, 0.1) is 0 Å². The molecule has 0 aromatic heterocycles. The third kappa shape index (κ3) is 10.1. The molecule has 0 saturated heterocycles. The van der Waals surface area contributed by atoms with Gasteiger partial charge in [0.2, 0.25) is 0 Å². The van der Waals surface area contributed by atoms with E-state index in [1.807, 2.05) is 0 Å². The van der Waals surface area contributed by atoms with E-state index in [0.717, 1.165) is 0 Å². The zero-order chi connectivity index (χ0) is 18.4. The molecule has 0 aliphatic heterocycles. The zero-order valence-corrected chi connectivity index (χ0v) is 16.3. The quantitative estimate of drug-likeness (QED) is 0.127. The molecule has 0 saturated carbocycles. The Morgan fingerprint density at radius 3 is 1.96 bits per heavy atom. The summed E-state index contributed by atoms with van der Waals surface area (Å²) >= 11 is 0. The number of hydrogen-bond donors (Lipinski definition) is 6. The number of likely N-dealkylation sites (N-methyl/N-ethyl adjacent to an activating group) is 1. The van der Waals surface area contributed by atoms with Crippen LogP contribution in [0.1, 0.15) is 9.27 Å². The third-order valence-corrected chi connectivity index (χ3v) is 2.93. The van der Waals surface area contributed by atoms with Gasteiger partial charge in [-0.1, -0.05) is 0 Å². The number of carboxylic acids is 1. The van der Waals surface area contributed by atoms with Crippen molar-refractivity contribution < 1.29 is 52.3 Å². The van der Waals surface area contributed by atoms with Gasteiger partial charge in [0.1, 0.15) is 24.9 Å². The number of carbonyl (C=O) groups is 2. The second-order valence-electron chi connectivity index (χ2n) is 6.31. The Bertz CT molecular complexity index is 412. The average molecular weight is 382 g/mol. The molecular weight excluding hydrogens is 354 g/mol. The predicted molar refractivity (Wildman–Crippen MR) is 84.1 cm³/mol. The molecule has 0 fully saturated rings. The van der Waals surface area contributed by atoms with E-state index in [4.69, 9.17) is 14.9 Å². The summed E-state index contributed by atoms with van der Waals surface area (Å²) < 4.78 is 5.17. The summed E-state index contributed by atoms with van der Waals surface area (Å²) in [5, 5.41) is 55.4. The number of rotatable bonds is 10. The zero-order valence-electron chi connectivity index (χ0n) is 16.1. The summed E-state index contributed by atoms with van der Waals surface area (Å²) in [4.78, 5) is 22.6. The van der Waals surface area contributed by atoms with Crippen molar-refractivity contribution in [3.8, 4) is 0 Å². The van der Waals surface area contributed by atoms with Crippen LogP contribution in [0.4, 0.5) is 0 Å². The smallest absolute Gasteiger partial charge is 1.00 e. The number of nitrogens with zero attached hydrogens (tertiary/aromatic N) is 1. The van der Waals surface area contributed by atoms with Crippen molar-refractivity contribution in [2.24, 2.45) is 0 Å². The molecule has 0 aliphatic rings. The van der Waals surface area contributed by atoms with Gasteiger partial charge in [0, 0.05) is 0 Å². The number of ether oxygens (including phenoxy) is 1. The first kappa shape index (κ1) is 26.2. The third-order valence-electron chi connectivity index (χ3n) is 2.93. The molecule has 0 aromatic carbocycles. The van der Waals surface area contributed by atoms with Crippen LogP contribution in [0.15, 0.2) is 0 Å². The minimum absolute atomic E-state index is 0. The summed E-state index contributed by atoms with van der Waals surface area (Å²) in [6.45, 7) is -0.744. The van der Waals surface area contributed by atoms with E-state index >= 15 is 0 Å². The van der Waals surface area contributed by atoms with E-state index in [2.05, 4.69) is 0 Å². The molecule has 10 nitrogen and oxygen atoms in total. The Hall–Kier alpha value is -0.0403. The van der Waals surface area contributed by atoms with Crippen molar-refractivity contribution in [2.75, 3.05) is 34.3 Å².